The summed E-state index contributed by atoms with van der Waals surface area (Å²) in [7, 11) is 0. The van der Waals surface area contributed by atoms with Crippen LogP contribution in [0.2, 0.25) is 5.15 Å². The first kappa shape index (κ1) is 16.0. The van der Waals surface area contributed by atoms with Crippen LogP contribution in [0, 0.1) is 5.41 Å². The van der Waals surface area contributed by atoms with Gasteiger partial charge in [-0.05, 0) is 37.2 Å². The number of nitrogens with zero attached hydrogens (tertiary/aromatic N) is 1. The van der Waals surface area contributed by atoms with E-state index in [0.717, 1.165) is 12.8 Å². The van der Waals surface area contributed by atoms with Crippen molar-refractivity contribution in [2.24, 2.45) is 5.41 Å². The Balaban J connectivity index is 1.97. The van der Waals surface area contributed by atoms with E-state index in [-0.39, 0.29) is 28.6 Å². The van der Waals surface area contributed by atoms with Gasteiger partial charge in [0.1, 0.15) is 5.15 Å². The first-order valence-electron chi connectivity index (χ1n) is 7.12. The first-order valence-corrected chi connectivity index (χ1v) is 7.50. The fourth-order valence-electron chi connectivity index (χ4n) is 2.53. The molecule has 5 nitrogen and oxygen atoms in total. The van der Waals surface area contributed by atoms with Gasteiger partial charge < -0.3 is 16.2 Å². The largest absolute Gasteiger partial charge is 0.397 e. The summed E-state index contributed by atoms with van der Waals surface area (Å²) in [6.07, 6.45) is 4.65. The first-order chi connectivity index (χ1) is 9.71. The van der Waals surface area contributed by atoms with E-state index < -0.39 is 5.60 Å². The highest BCUT2D eigenvalue weighted by atomic mass is 35.5. The van der Waals surface area contributed by atoms with Crippen LogP contribution >= 0.6 is 11.6 Å². The third-order valence-corrected chi connectivity index (χ3v) is 4.52. The Morgan fingerprint density at radius 2 is 2.05 bits per heavy atom. The van der Waals surface area contributed by atoms with E-state index >= 15 is 0 Å². The molecule has 0 atom stereocenters. The summed E-state index contributed by atoms with van der Waals surface area (Å²) >= 11 is 5.89. The molecule has 0 saturated heterocycles. The summed E-state index contributed by atoms with van der Waals surface area (Å²) in [4.78, 5) is 16.0. The van der Waals surface area contributed by atoms with Crippen molar-refractivity contribution >= 4 is 23.2 Å². The number of carbonyl (C=O) groups excluding carboxylic acids is 1. The van der Waals surface area contributed by atoms with Gasteiger partial charge in [0.2, 0.25) is 0 Å². The maximum absolute atomic E-state index is 12.1. The molecule has 2 rings (SSSR count). The molecule has 1 aromatic heterocycles. The third kappa shape index (κ3) is 4.08. The Hall–Kier alpha value is -1.33. The van der Waals surface area contributed by atoms with Crippen LogP contribution in [0.15, 0.2) is 12.3 Å². The molecule has 0 unspecified atom stereocenters. The van der Waals surface area contributed by atoms with E-state index in [1.165, 1.54) is 12.3 Å². The molecule has 0 spiro atoms. The number of halogens is 1. The van der Waals surface area contributed by atoms with E-state index in [9.17, 15) is 9.90 Å². The van der Waals surface area contributed by atoms with Gasteiger partial charge in [0, 0.05) is 6.54 Å². The van der Waals surface area contributed by atoms with Crippen molar-refractivity contribution < 1.29 is 9.90 Å². The van der Waals surface area contributed by atoms with Crippen LogP contribution in [-0.2, 0) is 0 Å². The molecular weight excluding hydrogens is 290 g/mol. The molecule has 0 radical (unpaired) electrons. The van der Waals surface area contributed by atoms with Crippen molar-refractivity contribution in [3.05, 3.63) is 23.0 Å². The number of nitrogens with two attached hydrogens (primary N) is 1. The molecule has 1 amide bonds. The second-order valence-corrected chi connectivity index (χ2v) is 7.04. The molecular formula is C15H22ClN3O2. The Kier molecular flexibility index (Phi) is 4.44. The zero-order valence-corrected chi connectivity index (χ0v) is 13.2. The van der Waals surface area contributed by atoms with Gasteiger partial charge in [-0.25, -0.2) is 4.98 Å². The lowest BCUT2D eigenvalue weighted by Gasteiger charge is -2.40. The van der Waals surface area contributed by atoms with E-state index in [4.69, 9.17) is 17.3 Å². The Labute approximate surface area is 129 Å². The minimum Gasteiger partial charge on any atom is -0.397 e. The number of nitrogen functional groups attached to an aromatic ring is 1. The van der Waals surface area contributed by atoms with E-state index in [2.05, 4.69) is 24.1 Å². The second kappa shape index (κ2) is 5.81. The molecule has 1 saturated carbocycles. The summed E-state index contributed by atoms with van der Waals surface area (Å²) in [6, 6.07) is 1.48. The van der Waals surface area contributed by atoms with E-state index in [1.54, 1.807) is 0 Å². The minimum absolute atomic E-state index is 0.110. The number of pyridine rings is 1. The molecule has 0 bridgehead atoms. The van der Waals surface area contributed by atoms with Crippen LogP contribution in [0.5, 0.6) is 0 Å². The van der Waals surface area contributed by atoms with E-state index in [0.29, 0.717) is 18.5 Å². The third-order valence-electron chi connectivity index (χ3n) is 4.22. The average molecular weight is 312 g/mol. The number of nitrogens with one attached hydrogen (secondary N) is 1. The summed E-state index contributed by atoms with van der Waals surface area (Å²) in [6.45, 7) is 4.61. The molecule has 1 aromatic rings. The van der Waals surface area contributed by atoms with Crippen LogP contribution in [0.1, 0.15) is 49.9 Å². The van der Waals surface area contributed by atoms with E-state index in [1.807, 2.05) is 0 Å². The van der Waals surface area contributed by atoms with Crippen molar-refractivity contribution in [3.8, 4) is 0 Å². The van der Waals surface area contributed by atoms with Crippen molar-refractivity contribution in [2.45, 2.75) is 45.1 Å². The highest BCUT2D eigenvalue weighted by Crippen LogP contribution is 2.39. The number of carbonyl (C=O) groups is 1. The standard InChI is InChI=1S/C15H22ClN3O2/c1-14(2)3-5-15(21,6-4-14)9-19-13(20)11-7-10(17)8-18-12(11)16/h7-8,21H,3-6,9,17H2,1-2H3,(H,19,20). The van der Waals surface area contributed by atoms with Gasteiger partial charge in [0.05, 0.1) is 23.0 Å². The number of hydrogen-bond donors (Lipinski definition) is 3. The Morgan fingerprint density at radius 3 is 2.67 bits per heavy atom. The predicted octanol–water partition coefficient (Wildman–Crippen LogP) is 2.38. The van der Waals surface area contributed by atoms with Gasteiger partial charge in [-0.2, -0.15) is 0 Å². The number of hydrogen-bond acceptors (Lipinski definition) is 4. The lowest BCUT2D eigenvalue weighted by molar-refractivity contribution is -0.0233. The fourth-order valence-corrected chi connectivity index (χ4v) is 2.72. The zero-order valence-electron chi connectivity index (χ0n) is 12.4. The Morgan fingerprint density at radius 1 is 1.43 bits per heavy atom. The summed E-state index contributed by atoms with van der Waals surface area (Å²) in [5.41, 5.74) is 5.64. The number of aliphatic hydroxyl groups is 1. The predicted molar refractivity (Wildman–Crippen MR) is 83.2 cm³/mol. The van der Waals surface area contributed by atoms with Crippen molar-refractivity contribution in [1.29, 1.82) is 0 Å². The van der Waals surface area contributed by atoms with Crippen molar-refractivity contribution in [3.63, 3.8) is 0 Å². The molecule has 21 heavy (non-hydrogen) atoms. The molecule has 1 fully saturated rings. The molecule has 0 aliphatic heterocycles. The topological polar surface area (TPSA) is 88.2 Å². The number of anilines is 1. The van der Waals surface area contributed by atoms with Crippen LogP contribution < -0.4 is 11.1 Å². The fraction of sp³-hybridized carbons (Fsp3) is 0.600. The summed E-state index contributed by atoms with van der Waals surface area (Å²) in [5, 5.41) is 13.4. The molecule has 1 aliphatic carbocycles. The van der Waals surface area contributed by atoms with Gasteiger partial charge in [-0.3, -0.25) is 4.79 Å². The maximum Gasteiger partial charge on any atom is 0.254 e. The van der Waals surface area contributed by atoms with Crippen molar-refractivity contribution in [1.82, 2.24) is 10.3 Å². The highest BCUT2D eigenvalue weighted by Gasteiger charge is 2.36. The van der Waals surface area contributed by atoms with Gasteiger partial charge in [-0.15, -0.1) is 0 Å². The summed E-state index contributed by atoms with van der Waals surface area (Å²) < 4.78 is 0. The maximum atomic E-state index is 12.1. The van der Waals surface area contributed by atoms with Crippen LogP contribution in [0.4, 0.5) is 5.69 Å². The molecule has 0 aromatic carbocycles. The number of amides is 1. The number of aromatic nitrogens is 1. The van der Waals surface area contributed by atoms with Gasteiger partial charge in [0.25, 0.3) is 5.91 Å². The smallest absolute Gasteiger partial charge is 0.254 e. The molecule has 116 valence electrons. The van der Waals surface area contributed by atoms with Gasteiger partial charge in [0.15, 0.2) is 0 Å². The summed E-state index contributed by atoms with van der Waals surface area (Å²) in [5.74, 6) is -0.363. The molecule has 4 N–H and O–H groups in total. The zero-order chi connectivity index (χ0) is 15.7. The molecule has 6 heteroatoms. The Bertz CT molecular complexity index is 536. The SMILES string of the molecule is CC1(C)CCC(O)(CNC(=O)c2cc(N)cnc2Cl)CC1. The van der Waals surface area contributed by atoms with Crippen LogP contribution in [-0.4, -0.2) is 28.1 Å². The van der Waals surface area contributed by atoms with Crippen LogP contribution in [0.3, 0.4) is 0 Å². The van der Waals surface area contributed by atoms with Crippen LogP contribution in [0.25, 0.3) is 0 Å². The van der Waals surface area contributed by atoms with Gasteiger partial charge in [-0.1, -0.05) is 25.4 Å². The lowest BCUT2D eigenvalue weighted by atomic mass is 9.71. The van der Waals surface area contributed by atoms with Gasteiger partial charge >= 0.3 is 0 Å². The highest BCUT2D eigenvalue weighted by molar-refractivity contribution is 6.32. The average Bonchev–Trinajstić information content (AvgIpc) is 2.43. The molecule has 1 aliphatic rings. The lowest BCUT2D eigenvalue weighted by Crippen LogP contribution is -2.46. The minimum atomic E-state index is -0.842. The monoisotopic (exact) mass is 311 g/mol. The van der Waals surface area contributed by atoms with Crippen molar-refractivity contribution in [2.75, 3.05) is 12.3 Å². The molecule has 1 heterocycles. The normalized spacial score (nSPS) is 20.0. The number of rotatable bonds is 3. The second-order valence-electron chi connectivity index (χ2n) is 6.68. The quantitative estimate of drug-likeness (QED) is 0.748.